The lowest BCUT2D eigenvalue weighted by Crippen LogP contribution is -1.77. The highest BCUT2D eigenvalue weighted by Crippen LogP contribution is 2.31. The summed E-state index contributed by atoms with van der Waals surface area (Å²) in [5.41, 5.74) is 0.919. The van der Waals surface area contributed by atoms with Crippen LogP contribution >= 0.6 is 50.5 Å². The van der Waals surface area contributed by atoms with Gasteiger partial charge in [0.1, 0.15) is 5.01 Å². The lowest BCUT2D eigenvalue weighted by atomic mass is 10.2. The van der Waals surface area contributed by atoms with E-state index in [1.165, 1.54) is 11.3 Å². The summed E-state index contributed by atoms with van der Waals surface area (Å²) >= 11 is 16.3. The molecule has 0 atom stereocenters. The Hall–Kier alpha value is -0.160. The number of hydrogen-bond acceptors (Lipinski definition) is 3. The molecule has 1 aromatic carbocycles. The van der Waals surface area contributed by atoms with Crippen LogP contribution in [-0.4, -0.2) is 10.2 Å². The molecule has 0 saturated carbocycles. The van der Waals surface area contributed by atoms with E-state index in [1.807, 2.05) is 18.2 Å². The topological polar surface area (TPSA) is 25.8 Å². The molecule has 1 heterocycles. The Labute approximate surface area is 103 Å². The van der Waals surface area contributed by atoms with Crippen LogP contribution in [0.4, 0.5) is 0 Å². The first kappa shape index (κ1) is 10.4. The molecule has 0 unspecified atom stereocenters. The predicted molar refractivity (Wildman–Crippen MR) is 63.1 cm³/mol. The summed E-state index contributed by atoms with van der Waals surface area (Å²) in [6.07, 6.45) is 0. The molecule has 0 spiro atoms. The third kappa shape index (κ3) is 2.08. The van der Waals surface area contributed by atoms with Gasteiger partial charge < -0.3 is 0 Å². The van der Waals surface area contributed by atoms with Crippen molar-refractivity contribution in [3.05, 3.63) is 32.2 Å². The maximum absolute atomic E-state index is 5.95. The van der Waals surface area contributed by atoms with E-state index in [4.69, 9.17) is 23.2 Å². The van der Waals surface area contributed by atoms with Crippen molar-refractivity contribution in [2.45, 2.75) is 0 Å². The highest BCUT2D eigenvalue weighted by Gasteiger charge is 2.06. The first-order chi connectivity index (χ1) is 6.66. The molecule has 0 saturated heterocycles. The molecule has 0 amide bonds. The number of aromatic nitrogens is 2. The number of nitrogens with zero attached hydrogens (tertiary/aromatic N) is 2. The van der Waals surface area contributed by atoms with Gasteiger partial charge in [-0.1, -0.05) is 29.0 Å². The number of hydrogen-bond donors (Lipinski definition) is 0. The molecule has 6 heteroatoms. The molecular weight excluding hydrogens is 307 g/mol. The summed E-state index contributed by atoms with van der Waals surface area (Å²) in [5, 5.41) is 9.06. The van der Waals surface area contributed by atoms with Gasteiger partial charge in [0.25, 0.3) is 0 Å². The third-order valence-electron chi connectivity index (χ3n) is 1.57. The van der Waals surface area contributed by atoms with E-state index in [1.54, 1.807) is 0 Å². The largest absolute Gasteiger partial charge is 0.207 e. The van der Waals surface area contributed by atoms with Crippen molar-refractivity contribution in [1.82, 2.24) is 10.2 Å². The van der Waals surface area contributed by atoms with E-state index in [0.29, 0.717) is 9.49 Å². The SMILES string of the molecule is Clc1nnc(-c2ccc(Br)c(Cl)c2)s1. The molecule has 2 aromatic rings. The smallest absolute Gasteiger partial charge is 0.137 e. The van der Waals surface area contributed by atoms with Gasteiger partial charge >= 0.3 is 0 Å². The van der Waals surface area contributed by atoms with Crippen molar-refractivity contribution in [2.75, 3.05) is 0 Å². The van der Waals surface area contributed by atoms with E-state index in [9.17, 15) is 0 Å². The molecule has 0 aliphatic heterocycles. The summed E-state index contributed by atoms with van der Waals surface area (Å²) in [4.78, 5) is 0. The Morgan fingerprint density at radius 3 is 2.57 bits per heavy atom. The van der Waals surface area contributed by atoms with Gasteiger partial charge in [0, 0.05) is 10.0 Å². The van der Waals surface area contributed by atoms with Crippen LogP contribution in [0.2, 0.25) is 9.49 Å². The lowest BCUT2D eigenvalue weighted by molar-refractivity contribution is 1.10. The normalized spacial score (nSPS) is 10.5. The molecule has 0 bridgehead atoms. The van der Waals surface area contributed by atoms with E-state index >= 15 is 0 Å². The quantitative estimate of drug-likeness (QED) is 0.786. The minimum atomic E-state index is 0.430. The van der Waals surface area contributed by atoms with Crippen LogP contribution in [-0.2, 0) is 0 Å². The maximum atomic E-state index is 5.95. The third-order valence-corrected chi connectivity index (χ3v) is 3.87. The summed E-state index contributed by atoms with van der Waals surface area (Å²) in [6.45, 7) is 0. The Morgan fingerprint density at radius 1 is 1.21 bits per heavy atom. The van der Waals surface area contributed by atoms with Crippen molar-refractivity contribution < 1.29 is 0 Å². The van der Waals surface area contributed by atoms with Gasteiger partial charge in [0.15, 0.2) is 0 Å². The Kier molecular flexibility index (Phi) is 3.07. The van der Waals surface area contributed by atoms with Gasteiger partial charge in [-0.15, -0.1) is 10.2 Å². The van der Waals surface area contributed by atoms with E-state index in [-0.39, 0.29) is 0 Å². The molecule has 2 rings (SSSR count). The van der Waals surface area contributed by atoms with Crippen LogP contribution in [0.15, 0.2) is 22.7 Å². The summed E-state index contributed by atoms with van der Waals surface area (Å²) in [5.74, 6) is 0. The van der Waals surface area contributed by atoms with E-state index in [2.05, 4.69) is 26.1 Å². The Bertz CT molecular complexity index is 472. The van der Waals surface area contributed by atoms with Crippen LogP contribution in [0.1, 0.15) is 0 Å². The predicted octanol–water partition coefficient (Wildman–Crippen LogP) is 4.27. The van der Waals surface area contributed by atoms with Crippen LogP contribution < -0.4 is 0 Å². The summed E-state index contributed by atoms with van der Waals surface area (Å²) in [6, 6.07) is 5.60. The van der Waals surface area contributed by atoms with Gasteiger partial charge in [0.05, 0.1) is 5.02 Å². The van der Waals surface area contributed by atoms with Gasteiger partial charge in [-0.3, -0.25) is 0 Å². The molecule has 0 aliphatic rings. The molecule has 0 aliphatic carbocycles. The average molecular weight is 310 g/mol. The molecule has 0 N–H and O–H groups in total. The number of benzene rings is 1. The zero-order chi connectivity index (χ0) is 10.1. The molecule has 72 valence electrons. The van der Waals surface area contributed by atoms with Gasteiger partial charge in [-0.05, 0) is 39.7 Å². The Balaban J connectivity index is 2.47. The Morgan fingerprint density at radius 2 is 2.00 bits per heavy atom. The van der Waals surface area contributed by atoms with Crippen molar-refractivity contribution in [3.63, 3.8) is 0 Å². The fourth-order valence-electron chi connectivity index (χ4n) is 0.951. The second-order valence-electron chi connectivity index (χ2n) is 2.49. The molecule has 14 heavy (non-hydrogen) atoms. The number of rotatable bonds is 1. The summed E-state index contributed by atoms with van der Waals surface area (Å²) in [7, 11) is 0. The fraction of sp³-hybridized carbons (Fsp3) is 0. The zero-order valence-electron chi connectivity index (χ0n) is 6.67. The van der Waals surface area contributed by atoms with Crippen LogP contribution in [0.3, 0.4) is 0 Å². The monoisotopic (exact) mass is 308 g/mol. The highest BCUT2D eigenvalue weighted by atomic mass is 79.9. The van der Waals surface area contributed by atoms with Crippen LogP contribution in [0.5, 0.6) is 0 Å². The average Bonchev–Trinajstić information content (AvgIpc) is 2.57. The second kappa shape index (κ2) is 4.14. The van der Waals surface area contributed by atoms with Crippen molar-refractivity contribution in [1.29, 1.82) is 0 Å². The molecule has 0 radical (unpaired) electrons. The summed E-state index contributed by atoms with van der Waals surface area (Å²) < 4.78 is 1.29. The molecule has 0 fully saturated rings. The first-order valence-electron chi connectivity index (χ1n) is 3.61. The fourth-order valence-corrected chi connectivity index (χ4v) is 2.20. The van der Waals surface area contributed by atoms with Crippen molar-refractivity contribution in [2.24, 2.45) is 0 Å². The first-order valence-corrected chi connectivity index (χ1v) is 5.98. The lowest BCUT2D eigenvalue weighted by Gasteiger charge is -1.98. The van der Waals surface area contributed by atoms with Gasteiger partial charge in [-0.25, -0.2) is 0 Å². The minimum Gasteiger partial charge on any atom is -0.137 e. The van der Waals surface area contributed by atoms with E-state index < -0.39 is 0 Å². The van der Waals surface area contributed by atoms with Crippen molar-refractivity contribution in [3.8, 4) is 10.6 Å². The van der Waals surface area contributed by atoms with E-state index in [0.717, 1.165) is 15.0 Å². The second-order valence-corrected chi connectivity index (χ2v) is 5.31. The van der Waals surface area contributed by atoms with Gasteiger partial charge in [-0.2, -0.15) is 0 Å². The standard InChI is InChI=1S/C8H3BrCl2N2S/c9-5-2-1-4(3-6(5)10)7-12-13-8(11)14-7/h1-3H. The molecule has 1 aromatic heterocycles. The van der Waals surface area contributed by atoms with Crippen LogP contribution in [0, 0.1) is 0 Å². The highest BCUT2D eigenvalue weighted by molar-refractivity contribution is 9.10. The molecular formula is C8H3BrCl2N2S. The van der Waals surface area contributed by atoms with Crippen molar-refractivity contribution >= 4 is 50.5 Å². The van der Waals surface area contributed by atoms with Crippen LogP contribution in [0.25, 0.3) is 10.6 Å². The zero-order valence-corrected chi connectivity index (χ0v) is 10.6. The van der Waals surface area contributed by atoms with Gasteiger partial charge in [0.2, 0.25) is 4.47 Å². The minimum absolute atomic E-state index is 0.430. The number of halogens is 3. The maximum Gasteiger partial charge on any atom is 0.207 e. The molecule has 2 nitrogen and oxygen atoms in total.